The van der Waals surface area contributed by atoms with Gasteiger partial charge in [-0.25, -0.2) is 19.5 Å². The summed E-state index contributed by atoms with van der Waals surface area (Å²) in [5.74, 6) is -0.0906. The molecule has 1 aliphatic rings. The highest BCUT2D eigenvalue weighted by atomic mass is 79.9. The third-order valence-electron chi connectivity index (χ3n) is 4.25. The van der Waals surface area contributed by atoms with E-state index in [2.05, 4.69) is 36.0 Å². The van der Waals surface area contributed by atoms with Gasteiger partial charge >= 0.3 is 0 Å². The molecule has 0 aliphatic carbocycles. The Kier molecular flexibility index (Phi) is 4.04. The lowest BCUT2D eigenvalue weighted by Gasteiger charge is -2.32. The van der Waals surface area contributed by atoms with Crippen LogP contribution in [-0.2, 0) is 0 Å². The minimum Gasteiger partial charge on any atom is -0.330 e. The zero-order chi connectivity index (χ0) is 17.4. The summed E-state index contributed by atoms with van der Waals surface area (Å²) in [5, 5.41) is 4.35. The summed E-state index contributed by atoms with van der Waals surface area (Å²) < 4.78 is 2.42. The Bertz CT molecular complexity index is 968. The maximum absolute atomic E-state index is 12.9. The van der Waals surface area contributed by atoms with Gasteiger partial charge in [0, 0.05) is 37.2 Å². The summed E-state index contributed by atoms with van der Waals surface area (Å²) in [6.07, 6.45) is 9.54. The number of carbonyl (C=O) groups excluding carboxylic acids is 1. The van der Waals surface area contributed by atoms with Crippen molar-refractivity contribution in [1.29, 1.82) is 0 Å². The highest BCUT2D eigenvalue weighted by Gasteiger charge is 2.27. The van der Waals surface area contributed by atoms with Gasteiger partial charge in [0.25, 0.3) is 5.91 Å². The average Bonchev–Trinajstić information content (AvgIpc) is 3.05. The van der Waals surface area contributed by atoms with Crippen molar-refractivity contribution < 1.29 is 4.79 Å². The van der Waals surface area contributed by atoms with Gasteiger partial charge in [-0.3, -0.25) is 4.79 Å². The summed E-state index contributed by atoms with van der Waals surface area (Å²) in [6.45, 7) is 2.57. The Labute approximate surface area is 152 Å². The molecule has 25 heavy (non-hydrogen) atoms. The van der Waals surface area contributed by atoms with Crippen LogP contribution in [0.25, 0.3) is 11.2 Å². The van der Waals surface area contributed by atoms with Gasteiger partial charge in [0.05, 0.1) is 10.2 Å². The lowest BCUT2D eigenvalue weighted by Crippen LogP contribution is -2.41. The van der Waals surface area contributed by atoms with Crippen LogP contribution in [0.2, 0.25) is 0 Å². The molecule has 0 fully saturated rings. The first-order chi connectivity index (χ1) is 12.1. The second kappa shape index (κ2) is 6.36. The van der Waals surface area contributed by atoms with Crippen LogP contribution in [0.1, 0.15) is 29.5 Å². The van der Waals surface area contributed by atoms with E-state index < -0.39 is 0 Å². The minimum atomic E-state index is -0.0906. The number of halogens is 1. The van der Waals surface area contributed by atoms with Gasteiger partial charge in [-0.1, -0.05) is 6.08 Å². The van der Waals surface area contributed by atoms with Crippen molar-refractivity contribution in [2.45, 2.75) is 19.4 Å². The molecule has 0 radical (unpaired) electrons. The van der Waals surface area contributed by atoms with E-state index in [-0.39, 0.29) is 11.9 Å². The van der Waals surface area contributed by atoms with E-state index in [0.29, 0.717) is 17.9 Å². The van der Waals surface area contributed by atoms with Gasteiger partial charge in [-0.2, -0.15) is 5.10 Å². The molecule has 4 heterocycles. The van der Waals surface area contributed by atoms with Gasteiger partial charge < -0.3 is 4.90 Å². The third kappa shape index (κ3) is 3.05. The Hall–Kier alpha value is -2.61. The van der Waals surface area contributed by atoms with E-state index in [0.717, 1.165) is 22.2 Å². The molecule has 0 bridgehead atoms. The predicted molar refractivity (Wildman–Crippen MR) is 95.8 cm³/mol. The molecule has 1 amide bonds. The van der Waals surface area contributed by atoms with Gasteiger partial charge in [0.15, 0.2) is 11.3 Å². The maximum Gasteiger partial charge on any atom is 0.274 e. The molecule has 3 aromatic heterocycles. The second-order valence-electron chi connectivity index (χ2n) is 5.94. The molecule has 3 aromatic rings. The molecule has 4 rings (SSSR count). The topological polar surface area (TPSA) is 76.3 Å². The van der Waals surface area contributed by atoms with E-state index in [4.69, 9.17) is 0 Å². The Morgan fingerprint density at radius 1 is 1.36 bits per heavy atom. The molecule has 0 saturated carbocycles. The molecule has 7 nitrogen and oxygen atoms in total. The van der Waals surface area contributed by atoms with Gasteiger partial charge in [0.1, 0.15) is 6.33 Å². The van der Waals surface area contributed by atoms with Crippen LogP contribution in [-0.4, -0.2) is 48.0 Å². The first-order valence-corrected chi connectivity index (χ1v) is 8.68. The average molecular weight is 399 g/mol. The van der Waals surface area contributed by atoms with Crippen LogP contribution in [0.3, 0.4) is 0 Å². The lowest BCUT2D eigenvalue weighted by atomic mass is 9.98. The van der Waals surface area contributed by atoms with Crippen LogP contribution in [0, 0.1) is 0 Å². The van der Waals surface area contributed by atoms with Crippen LogP contribution in [0.4, 0.5) is 0 Å². The lowest BCUT2D eigenvalue weighted by molar-refractivity contribution is 0.0705. The van der Waals surface area contributed by atoms with Crippen LogP contribution in [0.15, 0.2) is 47.6 Å². The normalized spacial score (nSPS) is 17.6. The molecule has 8 heteroatoms. The van der Waals surface area contributed by atoms with E-state index in [1.54, 1.807) is 35.5 Å². The Balaban J connectivity index is 1.59. The zero-order valence-electron chi connectivity index (χ0n) is 13.5. The number of rotatable bonds is 2. The molecule has 1 unspecified atom stereocenters. The summed E-state index contributed by atoms with van der Waals surface area (Å²) >= 11 is 3.36. The maximum atomic E-state index is 12.9. The molecule has 0 saturated heterocycles. The number of amides is 1. The molecular formula is C17H15BrN6O. The summed E-state index contributed by atoms with van der Waals surface area (Å²) in [4.78, 5) is 27.2. The van der Waals surface area contributed by atoms with E-state index in [1.807, 2.05) is 24.0 Å². The summed E-state index contributed by atoms with van der Waals surface area (Å²) in [6, 6.07) is 3.67. The molecule has 0 spiro atoms. The fourth-order valence-electron chi connectivity index (χ4n) is 2.98. The third-order valence-corrected chi connectivity index (χ3v) is 4.66. The first-order valence-electron chi connectivity index (χ1n) is 7.89. The van der Waals surface area contributed by atoms with Crippen molar-refractivity contribution in [2.24, 2.45) is 0 Å². The number of fused-ring (bicyclic) bond motifs is 1. The Morgan fingerprint density at radius 3 is 3.00 bits per heavy atom. The highest BCUT2D eigenvalue weighted by molar-refractivity contribution is 9.10. The number of aromatic nitrogens is 5. The first kappa shape index (κ1) is 15.9. The summed E-state index contributed by atoms with van der Waals surface area (Å²) in [5.41, 5.74) is 3.10. The number of nitrogens with zero attached hydrogens (tertiary/aromatic N) is 6. The smallest absolute Gasteiger partial charge is 0.274 e. The SMILES string of the molecule is CC1CC(c2ccncn2)=CCN1C(=O)c1cc2ncc(Br)cn2n1. The Morgan fingerprint density at radius 2 is 2.24 bits per heavy atom. The molecular weight excluding hydrogens is 384 g/mol. The standard InChI is InChI=1S/C17H15BrN6O/c1-11-6-12(14-2-4-19-10-21-14)3-5-23(11)17(25)15-7-16-20-8-13(18)9-24(16)22-15/h2-4,7-11H,5-6H2,1H3. The predicted octanol–water partition coefficient (Wildman–Crippen LogP) is 2.60. The fraction of sp³-hybridized carbons (Fsp3) is 0.235. The largest absolute Gasteiger partial charge is 0.330 e. The van der Waals surface area contributed by atoms with Crippen LogP contribution in [0.5, 0.6) is 0 Å². The monoisotopic (exact) mass is 398 g/mol. The molecule has 0 aromatic carbocycles. The molecule has 0 N–H and O–H groups in total. The summed E-state index contributed by atoms with van der Waals surface area (Å²) in [7, 11) is 0. The van der Waals surface area contributed by atoms with Gasteiger partial charge in [0.2, 0.25) is 0 Å². The van der Waals surface area contributed by atoms with Gasteiger partial charge in [-0.15, -0.1) is 0 Å². The quantitative estimate of drug-likeness (QED) is 0.662. The number of carbonyl (C=O) groups is 1. The van der Waals surface area contributed by atoms with Gasteiger partial charge in [-0.05, 0) is 40.9 Å². The number of hydrogen-bond acceptors (Lipinski definition) is 5. The van der Waals surface area contributed by atoms with Crippen molar-refractivity contribution in [3.63, 3.8) is 0 Å². The van der Waals surface area contributed by atoms with Crippen molar-refractivity contribution in [3.8, 4) is 0 Å². The fourth-order valence-corrected chi connectivity index (χ4v) is 3.28. The highest BCUT2D eigenvalue weighted by Crippen LogP contribution is 2.26. The van der Waals surface area contributed by atoms with E-state index in [9.17, 15) is 4.79 Å². The van der Waals surface area contributed by atoms with Crippen LogP contribution >= 0.6 is 15.9 Å². The number of hydrogen-bond donors (Lipinski definition) is 0. The molecule has 126 valence electrons. The molecule has 1 aliphatic heterocycles. The van der Waals surface area contributed by atoms with Crippen molar-refractivity contribution >= 4 is 33.1 Å². The van der Waals surface area contributed by atoms with Crippen LogP contribution < -0.4 is 0 Å². The van der Waals surface area contributed by atoms with Crippen molar-refractivity contribution in [2.75, 3.05) is 6.54 Å². The van der Waals surface area contributed by atoms with E-state index in [1.165, 1.54) is 0 Å². The van der Waals surface area contributed by atoms with E-state index >= 15 is 0 Å². The van der Waals surface area contributed by atoms with Crippen molar-refractivity contribution in [3.05, 3.63) is 59.0 Å². The zero-order valence-corrected chi connectivity index (χ0v) is 15.1. The second-order valence-corrected chi connectivity index (χ2v) is 6.85. The van der Waals surface area contributed by atoms with Crippen molar-refractivity contribution in [1.82, 2.24) is 29.5 Å². The minimum absolute atomic E-state index is 0.0620. The molecule has 1 atom stereocenters.